The molecule has 0 spiro atoms. The summed E-state index contributed by atoms with van der Waals surface area (Å²) >= 11 is 4.86. The maximum atomic E-state index is 5.50. The van der Waals surface area contributed by atoms with Crippen LogP contribution in [-0.4, -0.2) is 19.5 Å². The van der Waals surface area contributed by atoms with Gasteiger partial charge in [0.2, 0.25) is 0 Å². The fourth-order valence-corrected chi connectivity index (χ4v) is 1.43. The van der Waals surface area contributed by atoms with E-state index >= 15 is 0 Å². The third-order valence-electron chi connectivity index (χ3n) is 1.88. The number of imidazole rings is 1. The van der Waals surface area contributed by atoms with Crippen molar-refractivity contribution in [2.45, 2.75) is 0 Å². The van der Waals surface area contributed by atoms with Crippen molar-refractivity contribution in [3.05, 3.63) is 24.2 Å². The van der Waals surface area contributed by atoms with Gasteiger partial charge >= 0.3 is 0 Å². The van der Waals surface area contributed by atoms with Gasteiger partial charge in [0, 0.05) is 13.2 Å². The molecule has 0 aliphatic rings. The minimum Gasteiger partial charge on any atom is -0.387 e. The first kappa shape index (κ1) is 8.12. The van der Waals surface area contributed by atoms with E-state index in [2.05, 4.69) is 9.97 Å². The molecule has 0 aliphatic carbocycles. The van der Waals surface area contributed by atoms with Crippen LogP contribution in [0.3, 0.4) is 0 Å². The average Bonchev–Trinajstić information content (AvgIpc) is 2.45. The van der Waals surface area contributed by atoms with Crippen LogP contribution in [0.1, 0.15) is 5.82 Å². The van der Waals surface area contributed by atoms with Gasteiger partial charge in [0.1, 0.15) is 4.99 Å². The lowest BCUT2D eigenvalue weighted by Crippen LogP contribution is -2.15. The number of aromatic nitrogens is 3. The maximum Gasteiger partial charge on any atom is 0.178 e. The van der Waals surface area contributed by atoms with E-state index in [1.54, 1.807) is 6.20 Å². The predicted molar refractivity (Wildman–Crippen MR) is 54.4 cm³/mol. The zero-order chi connectivity index (χ0) is 9.42. The fraction of sp³-hybridized carbons (Fsp3) is 0.125. The van der Waals surface area contributed by atoms with Gasteiger partial charge in [-0.2, -0.15) is 0 Å². The van der Waals surface area contributed by atoms with Crippen LogP contribution in [0.2, 0.25) is 0 Å². The molecule has 0 saturated carbocycles. The van der Waals surface area contributed by atoms with Crippen molar-refractivity contribution in [1.82, 2.24) is 14.5 Å². The van der Waals surface area contributed by atoms with Crippen LogP contribution in [0.25, 0.3) is 11.2 Å². The SMILES string of the molecule is Cn1c(C(N)=S)nc2ncccc21. The molecule has 2 N–H and O–H groups in total. The Morgan fingerprint density at radius 1 is 1.62 bits per heavy atom. The Labute approximate surface area is 80.4 Å². The maximum absolute atomic E-state index is 5.50. The molecule has 0 bridgehead atoms. The molecule has 0 fully saturated rings. The minimum absolute atomic E-state index is 0.292. The molecule has 2 aromatic heterocycles. The standard InChI is InChI=1S/C8H8N4S/c1-12-5-3-2-4-10-7(5)11-8(12)6(9)13/h2-4H,1H3,(H2,9,13). The molecule has 0 unspecified atom stereocenters. The molecule has 13 heavy (non-hydrogen) atoms. The Morgan fingerprint density at radius 2 is 2.38 bits per heavy atom. The molecule has 0 radical (unpaired) electrons. The predicted octanol–water partition coefficient (Wildman–Crippen LogP) is 0.602. The van der Waals surface area contributed by atoms with Crippen LogP contribution in [0.15, 0.2) is 18.3 Å². The van der Waals surface area contributed by atoms with Gasteiger partial charge in [-0.3, -0.25) is 0 Å². The number of hydrogen-bond donors (Lipinski definition) is 1. The Kier molecular flexibility index (Phi) is 1.73. The van der Waals surface area contributed by atoms with Crippen molar-refractivity contribution >= 4 is 28.4 Å². The molecule has 2 heterocycles. The van der Waals surface area contributed by atoms with Gasteiger partial charge in [0.15, 0.2) is 11.5 Å². The number of rotatable bonds is 1. The third-order valence-corrected chi connectivity index (χ3v) is 2.06. The lowest BCUT2D eigenvalue weighted by molar-refractivity contribution is 0.931. The zero-order valence-corrected chi connectivity index (χ0v) is 7.88. The van der Waals surface area contributed by atoms with Crippen molar-refractivity contribution < 1.29 is 0 Å². The molecular weight excluding hydrogens is 184 g/mol. The quantitative estimate of drug-likeness (QED) is 0.672. The van der Waals surface area contributed by atoms with Crippen LogP contribution in [0, 0.1) is 0 Å². The van der Waals surface area contributed by atoms with Crippen molar-refractivity contribution in [2.75, 3.05) is 0 Å². The summed E-state index contributed by atoms with van der Waals surface area (Å²) in [5.74, 6) is 0.601. The summed E-state index contributed by atoms with van der Waals surface area (Å²) in [5, 5.41) is 0. The lowest BCUT2D eigenvalue weighted by atomic mass is 10.4. The highest BCUT2D eigenvalue weighted by molar-refractivity contribution is 7.80. The highest BCUT2D eigenvalue weighted by Crippen LogP contribution is 2.11. The molecule has 0 atom stereocenters. The van der Waals surface area contributed by atoms with Crippen LogP contribution in [0.5, 0.6) is 0 Å². The monoisotopic (exact) mass is 192 g/mol. The minimum atomic E-state index is 0.292. The summed E-state index contributed by atoms with van der Waals surface area (Å²) < 4.78 is 1.84. The Bertz CT molecular complexity index is 474. The average molecular weight is 192 g/mol. The van der Waals surface area contributed by atoms with Crippen LogP contribution >= 0.6 is 12.2 Å². The molecule has 4 nitrogen and oxygen atoms in total. The normalized spacial score (nSPS) is 10.5. The number of pyridine rings is 1. The molecule has 66 valence electrons. The van der Waals surface area contributed by atoms with Gasteiger partial charge in [-0.05, 0) is 12.1 Å². The van der Waals surface area contributed by atoms with Gasteiger partial charge < -0.3 is 10.3 Å². The van der Waals surface area contributed by atoms with E-state index in [0.717, 1.165) is 5.52 Å². The number of fused-ring (bicyclic) bond motifs is 1. The van der Waals surface area contributed by atoms with Gasteiger partial charge in [-0.25, -0.2) is 9.97 Å². The van der Waals surface area contributed by atoms with Crippen molar-refractivity contribution in [1.29, 1.82) is 0 Å². The summed E-state index contributed by atoms with van der Waals surface area (Å²) in [6.07, 6.45) is 1.69. The fourth-order valence-electron chi connectivity index (χ4n) is 1.25. The number of hydrogen-bond acceptors (Lipinski definition) is 3. The molecule has 0 amide bonds. The zero-order valence-electron chi connectivity index (χ0n) is 7.06. The first-order chi connectivity index (χ1) is 6.20. The van der Waals surface area contributed by atoms with Crippen molar-refractivity contribution in [3.63, 3.8) is 0 Å². The van der Waals surface area contributed by atoms with E-state index in [4.69, 9.17) is 18.0 Å². The highest BCUT2D eigenvalue weighted by atomic mass is 32.1. The van der Waals surface area contributed by atoms with Crippen molar-refractivity contribution in [2.24, 2.45) is 12.8 Å². The van der Waals surface area contributed by atoms with Gasteiger partial charge in [-0.15, -0.1) is 0 Å². The smallest absolute Gasteiger partial charge is 0.178 e. The first-order valence-corrected chi connectivity index (χ1v) is 4.18. The largest absolute Gasteiger partial charge is 0.387 e. The second-order valence-electron chi connectivity index (χ2n) is 2.70. The first-order valence-electron chi connectivity index (χ1n) is 3.77. The number of aryl methyl sites for hydroxylation is 1. The van der Waals surface area contributed by atoms with E-state index < -0.39 is 0 Å². The lowest BCUT2D eigenvalue weighted by Gasteiger charge is -1.97. The number of nitrogens with two attached hydrogens (primary N) is 1. The summed E-state index contributed by atoms with van der Waals surface area (Å²) in [6, 6.07) is 3.78. The van der Waals surface area contributed by atoms with E-state index in [-0.39, 0.29) is 0 Å². The van der Waals surface area contributed by atoms with Crippen LogP contribution < -0.4 is 5.73 Å². The van der Waals surface area contributed by atoms with Crippen LogP contribution in [-0.2, 0) is 7.05 Å². The molecule has 5 heteroatoms. The van der Waals surface area contributed by atoms with E-state index in [9.17, 15) is 0 Å². The summed E-state index contributed by atoms with van der Waals surface area (Å²) in [7, 11) is 1.87. The van der Waals surface area contributed by atoms with E-state index in [1.165, 1.54) is 0 Å². The second-order valence-corrected chi connectivity index (χ2v) is 3.14. The third kappa shape index (κ3) is 1.17. The van der Waals surface area contributed by atoms with Gasteiger partial charge in [0.25, 0.3) is 0 Å². The van der Waals surface area contributed by atoms with Gasteiger partial charge in [0.05, 0.1) is 5.52 Å². The highest BCUT2D eigenvalue weighted by Gasteiger charge is 2.08. The Morgan fingerprint density at radius 3 is 3.00 bits per heavy atom. The Hall–Kier alpha value is -1.49. The molecule has 0 aliphatic heterocycles. The van der Waals surface area contributed by atoms with Crippen molar-refractivity contribution in [3.8, 4) is 0 Å². The summed E-state index contributed by atoms with van der Waals surface area (Å²) in [6.45, 7) is 0. The second kappa shape index (κ2) is 2.77. The topological polar surface area (TPSA) is 56.7 Å². The van der Waals surface area contributed by atoms with Gasteiger partial charge in [-0.1, -0.05) is 12.2 Å². The summed E-state index contributed by atoms with van der Waals surface area (Å²) in [5.41, 5.74) is 7.11. The number of nitrogens with zero attached hydrogens (tertiary/aromatic N) is 3. The van der Waals surface area contributed by atoms with Crippen LogP contribution in [0.4, 0.5) is 0 Å². The molecular formula is C8H8N4S. The molecule has 0 aromatic carbocycles. The molecule has 2 aromatic rings. The number of thiocarbonyl (C=S) groups is 1. The Balaban J connectivity index is 2.81. The van der Waals surface area contributed by atoms with E-state index in [0.29, 0.717) is 16.5 Å². The van der Waals surface area contributed by atoms with E-state index in [1.807, 2.05) is 23.7 Å². The molecule has 0 saturated heterocycles. The summed E-state index contributed by atoms with van der Waals surface area (Å²) in [4.78, 5) is 8.59. The molecule has 2 rings (SSSR count).